The number of halogens is 1. The van der Waals surface area contributed by atoms with E-state index in [1.807, 2.05) is 24.8 Å². The van der Waals surface area contributed by atoms with Crippen molar-refractivity contribution in [3.63, 3.8) is 0 Å². The average molecular weight is 514 g/mol. The molecule has 6 rings (SSSR count). The van der Waals surface area contributed by atoms with E-state index in [9.17, 15) is 9.65 Å². The molecule has 2 unspecified atom stereocenters. The highest BCUT2D eigenvalue weighted by Gasteiger charge is 2.42. The molecule has 38 heavy (non-hydrogen) atoms. The number of fused-ring (bicyclic) bond motifs is 5. The first-order valence-electron chi connectivity index (χ1n) is 12.7. The SMILES string of the molecule is COc1c(F)cccc1-c1nc2c(cc1C#N)C(N1CCNC[C@@H]1C)=NC1OC(C)c3nccc(C)c3N21. The highest BCUT2D eigenvalue weighted by molar-refractivity contribution is 6.06. The Labute approximate surface area is 220 Å². The predicted molar refractivity (Wildman–Crippen MR) is 141 cm³/mol. The number of ether oxygens (including phenoxy) is 2. The van der Waals surface area contributed by atoms with Gasteiger partial charge >= 0.3 is 0 Å². The van der Waals surface area contributed by atoms with E-state index in [1.165, 1.54) is 13.2 Å². The second-order valence-electron chi connectivity index (χ2n) is 9.72. The van der Waals surface area contributed by atoms with Crippen LogP contribution in [0.15, 0.2) is 41.5 Å². The number of para-hydroxylation sites is 1. The van der Waals surface area contributed by atoms with Crippen molar-refractivity contribution in [2.45, 2.75) is 39.3 Å². The first-order valence-corrected chi connectivity index (χ1v) is 12.7. The summed E-state index contributed by atoms with van der Waals surface area (Å²) in [6.07, 6.45) is 0.818. The van der Waals surface area contributed by atoms with Gasteiger partial charge in [0.15, 0.2) is 11.6 Å². The number of benzene rings is 1. The highest BCUT2D eigenvalue weighted by Crippen LogP contribution is 2.46. The molecule has 0 radical (unpaired) electrons. The Bertz CT molecular complexity index is 1500. The third kappa shape index (κ3) is 3.69. The maximum Gasteiger partial charge on any atom is 0.236 e. The standard InChI is InChI=1S/C28H28FN7O2/c1-15-8-9-32-22-17(3)38-28-34-26(35-11-10-31-14-16(35)2)20-12-18(13-30)23(33-27(20)36(28)24(15)22)19-6-5-7-21(29)25(19)37-4/h5-9,12,16-17,28,31H,10-11,14H2,1-4H3/t16-,17?,28?/m0/s1. The smallest absolute Gasteiger partial charge is 0.236 e. The van der Waals surface area contributed by atoms with Gasteiger partial charge in [0.1, 0.15) is 23.8 Å². The topological polar surface area (TPSA) is 98.9 Å². The Morgan fingerprint density at radius 3 is 2.84 bits per heavy atom. The molecule has 10 heteroatoms. The number of hydrogen-bond donors (Lipinski definition) is 1. The minimum atomic E-state index is -0.673. The van der Waals surface area contributed by atoms with E-state index in [2.05, 4.69) is 28.2 Å². The van der Waals surface area contributed by atoms with E-state index < -0.39 is 12.2 Å². The molecular weight excluding hydrogens is 485 g/mol. The van der Waals surface area contributed by atoms with Crippen LogP contribution in [-0.2, 0) is 4.74 Å². The van der Waals surface area contributed by atoms with E-state index in [1.54, 1.807) is 24.4 Å². The quantitative estimate of drug-likeness (QED) is 0.548. The van der Waals surface area contributed by atoms with Crippen molar-refractivity contribution in [3.8, 4) is 23.1 Å². The Morgan fingerprint density at radius 2 is 2.08 bits per heavy atom. The number of aliphatic imine (C=N–C) groups is 1. The fourth-order valence-corrected chi connectivity index (χ4v) is 5.50. The summed E-state index contributed by atoms with van der Waals surface area (Å²) in [6, 6.07) is 10.8. The lowest BCUT2D eigenvalue weighted by Crippen LogP contribution is -2.55. The lowest BCUT2D eigenvalue weighted by atomic mass is 9.99. The van der Waals surface area contributed by atoms with E-state index in [0.717, 1.165) is 48.0 Å². The zero-order valence-corrected chi connectivity index (χ0v) is 21.7. The van der Waals surface area contributed by atoms with Crippen molar-refractivity contribution >= 4 is 17.3 Å². The van der Waals surface area contributed by atoms with E-state index in [0.29, 0.717) is 22.6 Å². The van der Waals surface area contributed by atoms with Gasteiger partial charge in [-0.1, -0.05) is 6.07 Å². The van der Waals surface area contributed by atoms with Crippen molar-refractivity contribution < 1.29 is 13.9 Å². The summed E-state index contributed by atoms with van der Waals surface area (Å²) < 4.78 is 26.5. The zero-order chi connectivity index (χ0) is 26.6. The molecule has 1 saturated heterocycles. The van der Waals surface area contributed by atoms with Crippen LogP contribution < -0.4 is 15.0 Å². The lowest BCUT2D eigenvalue weighted by Gasteiger charge is -2.45. The number of nitriles is 1. The van der Waals surface area contributed by atoms with Crippen LogP contribution in [0.2, 0.25) is 0 Å². The van der Waals surface area contributed by atoms with Crippen LogP contribution in [0.25, 0.3) is 11.3 Å². The molecule has 2 aromatic heterocycles. The molecule has 3 aromatic rings. The second-order valence-corrected chi connectivity index (χ2v) is 9.72. The first kappa shape index (κ1) is 24.3. The van der Waals surface area contributed by atoms with Gasteiger partial charge in [0.2, 0.25) is 6.35 Å². The molecule has 1 aromatic carbocycles. The van der Waals surface area contributed by atoms with Gasteiger partial charge in [-0.2, -0.15) is 5.26 Å². The summed E-state index contributed by atoms with van der Waals surface area (Å²) in [4.78, 5) is 18.9. The first-order chi connectivity index (χ1) is 18.4. The lowest BCUT2D eigenvalue weighted by molar-refractivity contribution is -0.00843. The van der Waals surface area contributed by atoms with Crippen LogP contribution in [0, 0.1) is 24.1 Å². The fraction of sp³-hybridized carbons (Fsp3) is 0.357. The molecule has 0 amide bonds. The highest BCUT2D eigenvalue weighted by atomic mass is 19.1. The number of anilines is 2. The Balaban J connectivity index is 1.64. The molecule has 0 spiro atoms. The number of aryl methyl sites for hydroxylation is 1. The Hall–Kier alpha value is -4.07. The minimum absolute atomic E-state index is 0.0372. The van der Waals surface area contributed by atoms with Crippen LogP contribution in [0.3, 0.4) is 0 Å². The van der Waals surface area contributed by atoms with Crippen LogP contribution in [0.5, 0.6) is 5.75 Å². The molecule has 3 aliphatic rings. The molecule has 3 aliphatic heterocycles. The number of amidine groups is 1. The van der Waals surface area contributed by atoms with Gasteiger partial charge in [-0.25, -0.2) is 14.4 Å². The van der Waals surface area contributed by atoms with E-state index >= 15 is 0 Å². The van der Waals surface area contributed by atoms with Crippen molar-refractivity contribution in [1.29, 1.82) is 5.26 Å². The van der Waals surface area contributed by atoms with Crippen LogP contribution >= 0.6 is 0 Å². The summed E-state index contributed by atoms with van der Waals surface area (Å²) >= 11 is 0. The number of nitrogens with zero attached hydrogens (tertiary/aromatic N) is 6. The van der Waals surface area contributed by atoms with Crippen LogP contribution in [0.1, 0.15) is 42.3 Å². The number of methoxy groups -OCH3 is 1. The molecule has 3 atom stereocenters. The normalized spacial score (nSPS) is 22.1. The Kier molecular flexibility index (Phi) is 5.97. The second kappa shape index (κ2) is 9.35. The van der Waals surface area contributed by atoms with E-state index in [-0.39, 0.29) is 17.9 Å². The van der Waals surface area contributed by atoms with Gasteiger partial charge in [0.05, 0.1) is 35.3 Å². The summed E-state index contributed by atoms with van der Waals surface area (Å²) in [7, 11) is 1.41. The molecule has 1 fully saturated rings. The zero-order valence-electron chi connectivity index (χ0n) is 21.7. The molecule has 1 N–H and O–H groups in total. The van der Waals surface area contributed by atoms with Gasteiger partial charge in [0, 0.05) is 37.4 Å². The third-order valence-electron chi connectivity index (χ3n) is 7.35. The van der Waals surface area contributed by atoms with Crippen LogP contribution in [0.4, 0.5) is 15.9 Å². The summed E-state index contributed by atoms with van der Waals surface area (Å²) in [5.74, 6) is 0.823. The molecule has 9 nitrogen and oxygen atoms in total. The molecule has 194 valence electrons. The molecule has 5 heterocycles. The molecular formula is C28H28FN7O2. The maximum absolute atomic E-state index is 14.7. The number of piperazine rings is 1. The van der Waals surface area contributed by atoms with Gasteiger partial charge in [-0.15, -0.1) is 0 Å². The number of hydrogen-bond acceptors (Lipinski definition) is 9. The predicted octanol–water partition coefficient (Wildman–Crippen LogP) is 4.04. The number of nitrogens with one attached hydrogen (secondary N) is 1. The van der Waals surface area contributed by atoms with Gasteiger partial charge in [0.25, 0.3) is 0 Å². The molecule has 0 bridgehead atoms. The minimum Gasteiger partial charge on any atom is -0.493 e. The van der Waals surface area contributed by atoms with E-state index in [4.69, 9.17) is 19.5 Å². The number of pyridine rings is 2. The number of rotatable bonds is 2. The summed E-state index contributed by atoms with van der Waals surface area (Å²) in [5.41, 5.74) is 4.43. The van der Waals surface area contributed by atoms with Crippen molar-refractivity contribution in [2.75, 3.05) is 31.6 Å². The van der Waals surface area contributed by atoms with Crippen molar-refractivity contribution in [3.05, 3.63) is 64.7 Å². The monoisotopic (exact) mass is 513 g/mol. The third-order valence-corrected chi connectivity index (χ3v) is 7.35. The van der Waals surface area contributed by atoms with Gasteiger partial charge in [-0.3, -0.25) is 9.88 Å². The Morgan fingerprint density at radius 1 is 1.24 bits per heavy atom. The maximum atomic E-state index is 14.7. The van der Waals surface area contributed by atoms with Crippen LogP contribution in [-0.4, -0.2) is 59.8 Å². The van der Waals surface area contributed by atoms with Crippen molar-refractivity contribution in [1.82, 2.24) is 20.2 Å². The van der Waals surface area contributed by atoms with Gasteiger partial charge < -0.3 is 19.7 Å². The van der Waals surface area contributed by atoms with Crippen molar-refractivity contribution in [2.24, 2.45) is 4.99 Å². The number of aromatic nitrogens is 2. The summed E-state index contributed by atoms with van der Waals surface area (Å²) in [6.45, 7) is 8.50. The molecule has 0 saturated carbocycles. The van der Waals surface area contributed by atoms with Gasteiger partial charge in [-0.05, 0) is 50.6 Å². The fourth-order valence-electron chi connectivity index (χ4n) is 5.50. The molecule has 0 aliphatic carbocycles. The average Bonchev–Trinajstić information content (AvgIpc) is 2.92. The largest absolute Gasteiger partial charge is 0.493 e. The summed E-state index contributed by atoms with van der Waals surface area (Å²) in [5, 5.41) is 13.6.